The second kappa shape index (κ2) is 4.45. The monoisotopic (exact) mass is 207 g/mol. The Morgan fingerprint density at radius 3 is 2.79 bits per heavy atom. The zero-order valence-corrected chi connectivity index (χ0v) is 7.82. The average molecular weight is 208 g/mol. The molecule has 70 valence electrons. The van der Waals surface area contributed by atoms with Crippen LogP contribution in [-0.4, -0.2) is 11.1 Å². The quantitative estimate of drug-likeness (QED) is 0.757. The van der Waals surface area contributed by atoms with Crippen LogP contribution in [0.2, 0.25) is 5.02 Å². The number of benzene rings is 1. The summed E-state index contributed by atoms with van der Waals surface area (Å²) >= 11 is 5.71. The molecule has 4 heteroatoms. The first-order chi connectivity index (χ1) is 6.61. The molecule has 0 aromatic heterocycles. The summed E-state index contributed by atoms with van der Waals surface area (Å²) in [5, 5.41) is 17.4. The van der Waals surface area contributed by atoms with Crippen molar-refractivity contribution in [2.24, 2.45) is 0 Å². The lowest BCUT2D eigenvalue weighted by atomic mass is 10.1. The maximum Gasteiger partial charge on any atom is 0.328 e. The van der Waals surface area contributed by atoms with Crippen LogP contribution in [0.3, 0.4) is 0 Å². The highest BCUT2D eigenvalue weighted by molar-refractivity contribution is 6.30. The first kappa shape index (κ1) is 10.3. The van der Waals surface area contributed by atoms with E-state index in [1.165, 1.54) is 12.1 Å². The van der Waals surface area contributed by atoms with Crippen molar-refractivity contribution in [2.45, 2.75) is 0 Å². The summed E-state index contributed by atoms with van der Waals surface area (Å²) < 4.78 is 0. The normalized spacial score (nSPS) is 10.0. The van der Waals surface area contributed by atoms with Gasteiger partial charge in [-0.05, 0) is 29.8 Å². The Balaban J connectivity index is 3.05. The zero-order valence-electron chi connectivity index (χ0n) is 7.07. The Morgan fingerprint density at radius 1 is 1.50 bits per heavy atom. The van der Waals surface area contributed by atoms with Gasteiger partial charge in [-0.15, -0.1) is 0 Å². The van der Waals surface area contributed by atoms with E-state index in [1.807, 2.05) is 6.07 Å². The lowest BCUT2D eigenvalue weighted by Crippen LogP contribution is -1.86. The van der Waals surface area contributed by atoms with E-state index in [0.717, 1.165) is 6.08 Å². The van der Waals surface area contributed by atoms with Crippen LogP contribution in [0.15, 0.2) is 24.3 Å². The molecule has 0 aliphatic heterocycles. The molecule has 3 nitrogen and oxygen atoms in total. The third-order valence-corrected chi connectivity index (χ3v) is 1.69. The SMILES string of the molecule is N#Cc1cc(Cl)cc(/C=C/C(=O)O)c1. The number of aliphatic carboxylic acids is 1. The van der Waals surface area contributed by atoms with E-state index in [0.29, 0.717) is 16.1 Å². The van der Waals surface area contributed by atoms with Crippen LogP contribution < -0.4 is 0 Å². The number of nitrogens with zero attached hydrogens (tertiary/aromatic N) is 1. The lowest BCUT2D eigenvalue weighted by Gasteiger charge is -1.95. The second-order valence-electron chi connectivity index (χ2n) is 2.56. The topological polar surface area (TPSA) is 61.1 Å². The molecule has 14 heavy (non-hydrogen) atoms. The van der Waals surface area contributed by atoms with Gasteiger partial charge >= 0.3 is 5.97 Å². The van der Waals surface area contributed by atoms with E-state index in [9.17, 15) is 4.79 Å². The maximum absolute atomic E-state index is 10.2. The Bertz CT molecular complexity index is 432. The number of rotatable bonds is 2. The molecule has 0 aliphatic rings. The van der Waals surface area contributed by atoms with Crippen molar-refractivity contribution in [1.82, 2.24) is 0 Å². The van der Waals surface area contributed by atoms with Gasteiger partial charge in [0.25, 0.3) is 0 Å². The third-order valence-electron chi connectivity index (χ3n) is 1.47. The van der Waals surface area contributed by atoms with Gasteiger partial charge in [0.05, 0.1) is 11.6 Å². The Labute approximate surface area is 85.9 Å². The molecule has 0 saturated heterocycles. The molecule has 0 saturated carbocycles. The van der Waals surface area contributed by atoms with Gasteiger partial charge in [-0.1, -0.05) is 11.6 Å². The molecule has 0 radical (unpaired) electrons. The summed E-state index contributed by atoms with van der Waals surface area (Å²) in [5.41, 5.74) is 0.999. The number of carbonyl (C=O) groups is 1. The molecule has 1 aromatic carbocycles. The molecule has 0 spiro atoms. The van der Waals surface area contributed by atoms with Crippen LogP contribution in [0.5, 0.6) is 0 Å². The van der Waals surface area contributed by atoms with E-state index in [2.05, 4.69) is 0 Å². The molecule has 0 atom stereocenters. The fourth-order valence-electron chi connectivity index (χ4n) is 0.941. The van der Waals surface area contributed by atoms with Crippen LogP contribution in [0.4, 0.5) is 0 Å². The summed E-state index contributed by atoms with van der Waals surface area (Å²) in [6.45, 7) is 0. The standard InChI is InChI=1S/C10H6ClNO2/c11-9-4-7(1-2-10(13)14)3-8(5-9)6-12/h1-5H,(H,13,14)/b2-1+. The zero-order chi connectivity index (χ0) is 10.6. The van der Waals surface area contributed by atoms with Crippen molar-refractivity contribution in [1.29, 1.82) is 5.26 Å². The minimum Gasteiger partial charge on any atom is -0.478 e. The molecule has 0 amide bonds. The minimum absolute atomic E-state index is 0.405. The Morgan fingerprint density at radius 2 is 2.21 bits per heavy atom. The molecular formula is C10H6ClNO2. The molecular weight excluding hydrogens is 202 g/mol. The fourth-order valence-corrected chi connectivity index (χ4v) is 1.18. The van der Waals surface area contributed by atoms with Gasteiger partial charge < -0.3 is 5.11 Å². The summed E-state index contributed by atoms with van der Waals surface area (Å²) in [7, 11) is 0. The van der Waals surface area contributed by atoms with Crippen LogP contribution in [0.1, 0.15) is 11.1 Å². The molecule has 1 N–H and O–H groups in total. The van der Waals surface area contributed by atoms with Crippen molar-refractivity contribution in [2.75, 3.05) is 0 Å². The van der Waals surface area contributed by atoms with Gasteiger partial charge in [0.1, 0.15) is 0 Å². The highest BCUT2D eigenvalue weighted by Crippen LogP contribution is 2.15. The summed E-state index contributed by atoms with van der Waals surface area (Å²) in [6, 6.07) is 6.59. The smallest absolute Gasteiger partial charge is 0.328 e. The number of carboxylic acids is 1. The summed E-state index contributed by atoms with van der Waals surface area (Å²) in [4.78, 5) is 10.2. The first-order valence-corrected chi connectivity index (χ1v) is 4.11. The maximum atomic E-state index is 10.2. The van der Waals surface area contributed by atoms with Crippen molar-refractivity contribution in [3.63, 3.8) is 0 Å². The Hall–Kier alpha value is -1.79. The number of hydrogen-bond donors (Lipinski definition) is 1. The predicted molar refractivity (Wildman–Crippen MR) is 52.8 cm³/mol. The van der Waals surface area contributed by atoms with Gasteiger partial charge in [-0.25, -0.2) is 4.79 Å². The molecule has 1 rings (SSSR count). The van der Waals surface area contributed by atoms with Crippen molar-refractivity contribution < 1.29 is 9.90 Å². The second-order valence-corrected chi connectivity index (χ2v) is 2.99. The summed E-state index contributed by atoms with van der Waals surface area (Å²) in [6.07, 6.45) is 2.38. The van der Waals surface area contributed by atoms with Crippen LogP contribution in [-0.2, 0) is 4.79 Å². The van der Waals surface area contributed by atoms with Gasteiger partial charge in [-0.3, -0.25) is 0 Å². The van der Waals surface area contributed by atoms with E-state index < -0.39 is 5.97 Å². The largest absolute Gasteiger partial charge is 0.478 e. The minimum atomic E-state index is -1.04. The van der Waals surface area contributed by atoms with Gasteiger partial charge in [-0.2, -0.15) is 5.26 Å². The van der Waals surface area contributed by atoms with E-state index >= 15 is 0 Å². The molecule has 0 heterocycles. The van der Waals surface area contributed by atoms with Gasteiger partial charge in [0.2, 0.25) is 0 Å². The molecule has 0 bridgehead atoms. The van der Waals surface area contributed by atoms with Crippen molar-refractivity contribution in [3.05, 3.63) is 40.4 Å². The van der Waals surface area contributed by atoms with E-state index in [4.69, 9.17) is 22.0 Å². The summed E-state index contributed by atoms with van der Waals surface area (Å²) in [5.74, 6) is -1.04. The molecule has 0 unspecified atom stereocenters. The van der Waals surface area contributed by atoms with Crippen LogP contribution in [0.25, 0.3) is 6.08 Å². The predicted octanol–water partition coefficient (Wildman–Crippen LogP) is 2.31. The van der Waals surface area contributed by atoms with Crippen molar-refractivity contribution in [3.8, 4) is 6.07 Å². The first-order valence-electron chi connectivity index (χ1n) is 3.73. The highest BCUT2D eigenvalue weighted by atomic mass is 35.5. The molecule has 0 aliphatic carbocycles. The number of halogens is 1. The highest BCUT2D eigenvalue weighted by Gasteiger charge is 1.96. The lowest BCUT2D eigenvalue weighted by molar-refractivity contribution is -0.131. The fraction of sp³-hybridized carbons (Fsp3) is 0. The molecule has 0 fully saturated rings. The number of hydrogen-bond acceptors (Lipinski definition) is 2. The van der Waals surface area contributed by atoms with Crippen molar-refractivity contribution >= 4 is 23.6 Å². The van der Waals surface area contributed by atoms with Crippen LogP contribution >= 0.6 is 11.6 Å². The van der Waals surface area contributed by atoms with Crippen LogP contribution in [0, 0.1) is 11.3 Å². The molecule has 1 aromatic rings. The number of nitriles is 1. The van der Waals surface area contributed by atoms with Gasteiger partial charge in [0.15, 0.2) is 0 Å². The Kier molecular flexibility index (Phi) is 3.27. The van der Waals surface area contributed by atoms with Gasteiger partial charge in [0, 0.05) is 11.1 Å². The van der Waals surface area contributed by atoms with E-state index in [1.54, 1.807) is 12.1 Å². The number of carboxylic acid groups (broad SMARTS) is 1. The average Bonchev–Trinajstić information content (AvgIpc) is 2.14. The third kappa shape index (κ3) is 2.92. The van der Waals surface area contributed by atoms with E-state index in [-0.39, 0.29) is 0 Å².